The third-order valence-corrected chi connectivity index (χ3v) is 4.91. The van der Waals surface area contributed by atoms with Gasteiger partial charge in [-0.2, -0.15) is 0 Å². The van der Waals surface area contributed by atoms with Crippen LogP contribution in [-0.4, -0.2) is 25.1 Å². The Balaban J connectivity index is 1.71. The Kier molecular flexibility index (Phi) is 5.75. The Morgan fingerprint density at radius 1 is 1.15 bits per heavy atom. The van der Waals surface area contributed by atoms with Crippen LogP contribution in [0.1, 0.15) is 5.69 Å². The summed E-state index contributed by atoms with van der Waals surface area (Å²) >= 11 is 7.72. The van der Waals surface area contributed by atoms with Crippen LogP contribution in [0.4, 0.5) is 5.69 Å². The molecule has 0 aliphatic rings. The molecule has 0 radical (unpaired) electrons. The molecular weight excluding hydrogens is 372 g/mol. The monoisotopic (exact) mass is 388 g/mol. The average Bonchev–Trinajstić information content (AvgIpc) is 3.12. The van der Waals surface area contributed by atoms with E-state index >= 15 is 0 Å². The van der Waals surface area contributed by atoms with Gasteiger partial charge in [-0.1, -0.05) is 41.9 Å². The summed E-state index contributed by atoms with van der Waals surface area (Å²) in [5.41, 5.74) is 2.21. The number of ether oxygens (including phenoxy) is 2. The normalized spacial score (nSPS) is 10.4. The van der Waals surface area contributed by atoms with Gasteiger partial charge in [-0.3, -0.25) is 4.79 Å². The number of aromatic nitrogens is 1. The van der Waals surface area contributed by atoms with E-state index in [1.54, 1.807) is 12.1 Å². The first-order valence-corrected chi connectivity index (χ1v) is 9.07. The van der Waals surface area contributed by atoms with E-state index in [1.165, 1.54) is 25.6 Å². The number of hydrogen-bond donors (Lipinski definition) is 1. The highest BCUT2D eigenvalue weighted by Crippen LogP contribution is 2.36. The zero-order valence-corrected chi connectivity index (χ0v) is 15.9. The van der Waals surface area contributed by atoms with Gasteiger partial charge in [0.2, 0.25) is 5.91 Å². The van der Waals surface area contributed by atoms with Crippen LogP contribution in [-0.2, 0) is 11.2 Å². The van der Waals surface area contributed by atoms with E-state index in [0.717, 1.165) is 10.6 Å². The lowest BCUT2D eigenvalue weighted by molar-refractivity contribution is -0.115. The SMILES string of the molecule is COc1cc(Cl)c(NC(=O)Cc2csc(-c3ccccc3)n2)cc1OC. The van der Waals surface area contributed by atoms with Gasteiger partial charge in [0.25, 0.3) is 0 Å². The largest absolute Gasteiger partial charge is 0.493 e. The number of benzene rings is 2. The molecule has 0 spiro atoms. The van der Waals surface area contributed by atoms with Crippen LogP contribution in [0.25, 0.3) is 10.6 Å². The Morgan fingerprint density at radius 3 is 2.54 bits per heavy atom. The zero-order chi connectivity index (χ0) is 18.5. The van der Waals surface area contributed by atoms with Crippen molar-refractivity contribution in [1.29, 1.82) is 0 Å². The fraction of sp³-hybridized carbons (Fsp3) is 0.158. The van der Waals surface area contributed by atoms with Crippen LogP contribution in [0.15, 0.2) is 47.8 Å². The van der Waals surface area contributed by atoms with E-state index in [-0.39, 0.29) is 12.3 Å². The maximum atomic E-state index is 12.4. The van der Waals surface area contributed by atoms with Gasteiger partial charge in [-0.05, 0) is 0 Å². The van der Waals surface area contributed by atoms with Crippen molar-refractivity contribution in [3.63, 3.8) is 0 Å². The predicted molar refractivity (Wildman–Crippen MR) is 104 cm³/mol. The molecular formula is C19H17ClN2O3S. The maximum absolute atomic E-state index is 12.4. The number of thiazole rings is 1. The molecule has 0 bridgehead atoms. The summed E-state index contributed by atoms with van der Waals surface area (Å²) in [4.78, 5) is 16.9. The number of carbonyl (C=O) groups is 1. The van der Waals surface area contributed by atoms with Crippen molar-refractivity contribution in [3.05, 3.63) is 58.6 Å². The number of halogens is 1. The zero-order valence-electron chi connectivity index (χ0n) is 14.3. The van der Waals surface area contributed by atoms with Gasteiger partial charge in [0.05, 0.1) is 37.0 Å². The second-order valence-electron chi connectivity index (χ2n) is 5.42. The van der Waals surface area contributed by atoms with Crippen molar-refractivity contribution >= 4 is 34.5 Å². The van der Waals surface area contributed by atoms with Gasteiger partial charge in [0.1, 0.15) is 5.01 Å². The van der Waals surface area contributed by atoms with E-state index in [1.807, 2.05) is 35.7 Å². The van der Waals surface area contributed by atoms with Crippen molar-refractivity contribution in [2.24, 2.45) is 0 Å². The molecule has 0 fully saturated rings. The third kappa shape index (κ3) is 4.15. The highest BCUT2D eigenvalue weighted by Gasteiger charge is 2.14. The van der Waals surface area contributed by atoms with Crippen molar-refractivity contribution in [1.82, 2.24) is 4.98 Å². The standard InChI is InChI=1S/C19H17ClN2O3S/c1-24-16-9-14(20)15(10-17(16)25-2)22-18(23)8-13-11-26-19(21-13)12-6-4-3-5-7-12/h3-7,9-11H,8H2,1-2H3,(H,22,23). The van der Waals surface area contributed by atoms with Gasteiger partial charge >= 0.3 is 0 Å². The molecule has 1 amide bonds. The number of amides is 1. The molecule has 0 aliphatic carbocycles. The van der Waals surface area contributed by atoms with Gasteiger partial charge in [-0.15, -0.1) is 11.3 Å². The molecule has 3 rings (SSSR count). The summed E-state index contributed by atoms with van der Waals surface area (Å²) < 4.78 is 10.4. The van der Waals surface area contributed by atoms with Crippen molar-refractivity contribution in [2.75, 3.05) is 19.5 Å². The molecule has 1 N–H and O–H groups in total. The highest BCUT2D eigenvalue weighted by atomic mass is 35.5. The minimum atomic E-state index is -0.205. The molecule has 0 saturated heterocycles. The molecule has 7 heteroatoms. The first-order chi connectivity index (χ1) is 12.6. The first-order valence-electron chi connectivity index (χ1n) is 7.82. The average molecular weight is 389 g/mol. The number of anilines is 1. The number of hydrogen-bond acceptors (Lipinski definition) is 5. The van der Waals surface area contributed by atoms with Crippen LogP contribution in [0, 0.1) is 0 Å². The second-order valence-corrected chi connectivity index (χ2v) is 6.69. The summed E-state index contributed by atoms with van der Waals surface area (Å²) in [6, 6.07) is 13.1. The Hall–Kier alpha value is -2.57. The lowest BCUT2D eigenvalue weighted by atomic mass is 10.2. The van der Waals surface area contributed by atoms with E-state index in [9.17, 15) is 4.79 Å². The Labute approximate surface area is 160 Å². The summed E-state index contributed by atoms with van der Waals surface area (Å²) in [6.45, 7) is 0. The number of methoxy groups -OCH3 is 2. The molecule has 5 nitrogen and oxygen atoms in total. The maximum Gasteiger partial charge on any atom is 0.230 e. The summed E-state index contributed by atoms with van der Waals surface area (Å²) in [6.07, 6.45) is 0.161. The van der Waals surface area contributed by atoms with E-state index in [2.05, 4.69) is 10.3 Å². The van der Waals surface area contributed by atoms with Crippen molar-refractivity contribution < 1.29 is 14.3 Å². The van der Waals surface area contributed by atoms with E-state index in [0.29, 0.717) is 27.9 Å². The van der Waals surface area contributed by atoms with Gasteiger partial charge in [0.15, 0.2) is 11.5 Å². The first kappa shape index (κ1) is 18.2. The summed E-state index contributed by atoms with van der Waals surface area (Å²) in [7, 11) is 3.05. The Morgan fingerprint density at radius 2 is 1.85 bits per heavy atom. The number of nitrogens with one attached hydrogen (secondary N) is 1. The van der Waals surface area contributed by atoms with E-state index in [4.69, 9.17) is 21.1 Å². The molecule has 0 unspecified atom stereocenters. The van der Waals surface area contributed by atoms with Crippen LogP contribution in [0.2, 0.25) is 5.02 Å². The lowest BCUT2D eigenvalue weighted by Crippen LogP contribution is -2.15. The van der Waals surface area contributed by atoms with Crippen LogP contribution >= 0.6 is 22.9 Å². The smallest absolute Gasteiger partial charge is 0.230 e. The number of nitrogens with zero attached hydrogens (tertiary/aromatic N) is 1. The van der Waals surface area contributed by atoms with Gasteiger partial charge in [-0.25, -0.2) is 4.98 Å². The molecule has 0 aliphatic heterocycles. The second kappa shape index (κ2) is 8.21. The molecule has 0 atom stereocenters. The molecule has 1 heterocycles. The third-order valence-electron chi connectivity index (χ3n) is 3.66. The summed E-state index contributed by atoms with van der Waals surface area (Å²) in [5.74, 6) is 0.791. The Bertz CT molecular complexity index is 912. The van der Waals surface area contributed by atoms with Gasteiger partial charge < -0.3 is 14.8 Å². The minimum Gasteiger partial charge on any atom is -0.493 e. The molecule has 1 aromatic heterocycles. The molecule has 26 heavy (non-hydrogen) atoms. The number of carbonyl (C=O) groups excluding carboxylic acids is 1. The van der Waals surface area contributed by atoms with E-state index < -0.39 is 0 Å². The van der Waals surface area contributed by atoms with Crippen LogP contribution in [0.5, 0.6) is 11.5 Å². The minimum absolute atomic E-state index is 0.161. The van der Waals surface area contributed by atoms with Crippen LogP contribution < -0.4 is 14.8 Å². The summed E-state index contributed by atoms with van der Waals surface area (Å²) in [5, 5.41) is 5.94. The van der Waals surface area contributed by atoms with Crippen molar-refractivity contribution in [3.8, 4) is 22.1 Å². The molecule has 134 valence electrons. The topological polar surface area (TPSA) is 60.5 Å². The number of rotatable bonds is 6. The molecule has 0 saturated carbocycles. The lowest BCUT2D eigenvalue weighted by Gasteiger charge is -2.12. The van der Waals surface area contributed by atoms with Gasteiger partial charge in [0, 0.05) is 23.1 Å². The fourth-order valence-corrected chi connectivity index (χ4v) is 3.44. The molecule has 2 aromatic carbocycles. The fourth-order valence-electron chi connectivity index (χ4n) is 2.41. The molecule has 3 aromatic rings. The highest BCUT2D eigenvalue weighted by molar-refractivity contribution is 7.13. The van der Waals surface area contributed by atoms with Crippen molar-refractivity contribution in [2.45, 2.75) is 6.42 Å². The predicted octanol–water partition coefficient (Wildman–Crippen LogP) is 4.66. The van der Waals surface area contributed by atoms with Crippen LogP contribution in [0.3, 0.4) is 0 Å². The quantitative estimate of drug-likeness (QED) is 0.667.